The van der Waals surface area contributed by atoms with Crippen molar-refractivity contribution in [1.29, 1.82) is 0 Å². The summed E-state index contributed by atoms with van der Waals surface area (Å²) in [5.41, 5.74) is 6.62. The summed E-state index contributed by atoms with van der Waals surface area (Å²) in [5, 5.41) is 0.551. The third kappa shape index (κ3) is 4.05. The quantitative estimate of drug-likeness (QED) is 0.755. The summed E-state index contributed by atoms with van der Waals surface area (Å²) in [4.78, 5) is 6.16. The molecule has 0 aliphatic carbocycles. The van der Waals surface area contributed by atoms with Crippen molar-refractivity contribution in [2.45, 2.75) is 13.0 Å². The summed E-state index contributed by atoms with van der Waals surface area (Å²) in [5.74, 6) is 0. The topological polar surface area (TPSA) is 42.1 Å². The van der Waals surface area contributed by atoms with Gasteiger partial charge in [0.25, 0.3) is 0 Å². The zero-order valence-corrected chi connectivity index (χ0v) is 9.17. The van der Waals surface area contributed by atoms with E-state index in [0.29, 0.717) is 5.15 Å². The monoisotopic (exact) mass is 213 g/mol. The van der Waals surface area contributed by atoms with E-state index >= 15 is 0 Å². The lowest BCUT2D eigenvalue weighted by Crippen LogP contribution is -2.21. The van der Waals surface area contributed by atoms with Gasteiger partial charge >= 0.3 is 0 Å². The van der Waals surface area contributed by atoms with Crippen LogP contribution in [0.4, 0.5) is 0 Å². The Morgan fingerprint density at radius 2 is 2.36 bits per heavy atom. The summed E-state index contributed by atoms with van der Waals surface area (Å²) >= 11 is 5.78. The van der Waals surface area contributed by atoms with Crippen LogP contribution in [-0.4, -0.2) is 30.0 Å². The predicted octanol–water partition coefficient (Wildman–Crippen LogP) is 1.52. The second kappa shape index (κ2) is 5.96. The van der Waals surface area contributed by atoms with Crippen LogP contribution in [0.5, 0.6) is 0 Å². The molecule has 1 rings (SSSR count). The summed E-state index contributed by atoms with van der Waals surface area (Å²) in [6.07, 6.45) is 2.75. The van der Waals surface area contributed by atoms with E-state index < -0.39 is 0 Å². The normalized spacial score (nSPS) is 10.9. The zero-order chi connectivity index (χ0) is 10.4. The largest absolute Gasteiger partial charge is 0.330 e. The summed E-state index contributed by atoms with van der Waals surface area (Å²) in [6, 6.07) is 3.87. The minimum absolute atomic E-state index is 0.551. The summed E-state index contributed by atoms with van der Waals surface area (Å²) in [6.45, 7) is 2.64. The third-order valence-electron chi connectivity index (χ3n) is 1.99. The molecule has 14 heavy (non-hydrogen) atoms. The Balaban J connectivity index is 2.43. The van der Waals surface area contributed by atoms with Gasteiger partial charge in [-0.1, -0.05) is 11.6 Å². The Bertz CT molecular complexity index is 278. The van der Waals surface area contributed by atoms with Gasteiger partial charge in [0.05, 0.1) is 0 Å². The van der Waals surface area contributed by atoms with E-state index in [0.717, 1.165) is 26.1 Å². The molecule has 0 spiro atoms. The number of aromatic nitrogens is 1. The molecule has 1 heterocycles. The van der Waals surface area contributed by atoms with E-state index in [2.05, 4.69) is 16.9 Å². The highest BCUT2D eigenvalue weighted by molar-refractivity contribution is 6.29. The SMILES string of the molecule is CN(CCCN)Cc1ccnc(Cl)c1. The molecule has 0 saturated carbocycles. The molecule has 0 saturated heterocycles. The second-order valence-electron chi connectivity index (χ2n) is 3.37. The maximum atomic E-state index is 5.78. The van der Waals surface area contributed by atoms with Crippen molar-refractivity contribution in [1.82, 2.24) is 9.88 Å². The molecule has 1 aromatic heterocycles. The van der Waals surface area contributed by atoms with E-state index in [4.69, 9.17) is 17.3 Å². The highest BCUT2D eigenvalue weighted by Crippen LogP contribution is 2.08. The van der Waals surface area contributed by atoms with Gasteiger partial charge in [0.1, 0.15) is 5.15 Å². The van der Waals surface area contributed by atoms with Crippen LogP contribution in [0.2, 0.25) is 5.15 Å². The second-order valence-corrected chi connectivity index (χ2v) is 3.75. The molecule has 0 radical (unpaired) electrons. The van der Waals surface area contributed by atoms with Crippen LogP contribution in [0.3, 0.4) is 0 Å². The lowest BCUT2D eigenvalue weighted by molar-refractivity contribution is 0.324. The van der Waals surface area contributed by atoms with Crippen LogP contribution in [0.1, 0.15) is 12.0 Å². The molecule has 2 N–H and O–H groups in total. The molecule has 1 aromatic rings. The molecule has 0 amide bonds. The first kappa shape index (κ1) is 11.4. The Morgan fingerprint density at radius 3 is 3.00 bits per heavy atom. The van der Waals surface area contributed by atoms with Crippen molar-refractivity contribution in [3.8, 4) is 0 Å². The highest BCUT2D eigenvalue weighted by atomic mass is 35.5. The molecule has 0 aromatic carbocycles. The maximum absolute atomic E-state index is 5.78. The lowest BCUT2D eigenvalue weighted by atomic mass is 10.2. The Labute approximate surface area is 89.9 Å². The average Bonchev–Trinajstić information content (AvgIpc) is 2.15. The molecule has 0 aliphatic rings. The molecule has 0 fully saturated rings. The van der Waals surface area contributed by atoms with Crippen LogP contribution in [0.25, 0.3) is 0 Å². The Hall–Kier alpha value is -0.640. The molecule has 0 unspecified atom stereocenters. The standard InChI is InChI=1S/C10H16ClN3/c1-14(6-2-4-12)8-9-3-5-13-10(11)7-9/h3,5,7H,2,4,6,8,12H2,1H3. The fourth-order valence-electron chi connectivity index (χ4n) is 1.29. The van der Waals surface area contributed by atoms with Gasteiger partial charge < -0.3 is 10.6 Å². The van der Waals surface area contributed by atoms with E-state index in [-0.39, 0.29) is 0 Å². The van der Waals surface area contributed by atoms with E-state index in [9.17, 15) is 0 Å². The average molecular weight is 214 g/mol. The van der Waals surface area contributed by atoms with Gasteiger partial charge in [-0.3, -0.25) is 0 Å². The Kier molecular flexibility index (Phi) is 4.87. The first-order valence-corrected chi connectivity index (χ1v) is 5.09. The lowest BCUT2D eigenvalue weighted by Gasteiger charge is -2.15. The van der Waals surface area contributed by atoms with Crippen molar-refractivity contribution in [2.24, 2.45) is 5.73 Å². The minimum atomic E-state index is 0.551. The summed E-state index contributed by atoms with van der Waals surface area (Å²) in [7, 11) is 2.07. The molecule has 0 aliphatic heterocycles. The fraction of sp³-hybridized carbons (Fsp3) is 0.500. The van der Waals surface area contributed by atoms with Crippen LogP contribution in [0.15, 0.2) is 18.3 Å². The molecule has 78 valence electrons. The predicted molar refractivity (Wildman–Crippen MR) is 59.3 cm³/mol. The Morgan fingerprint density at radius 1 is 1.57 bits per heavy atom. The van der Waals surface area contributed by atoms with Gasteiger partial charge in [0.15, 0.2) is 0 Å². The van der Waals surface area contributed by atoms with Crippen molar-refractivity contribution < 1.29 is 0 Å². The van der Waals surface area contributed by atoms with Crippen LogP contribution in [-0.2, 0) is 6.54 Å². The third-order valence-corrected chi connectivity index (χ3v) is 2.19. The number of rotatable bonds is 5. The van der Waals surface area contributed by atoms with Crippen LogP contribution >= 0.6 is 11.6 Å². The number of hydrogen-bond donors (Lipinski definition) is 1. The smallest absolute Gasteiger partial charge is 0.129 e. The minimum Gasteiger partial charge on any atom is -0.330 e. The number of pyridine rings is 1. The molecule has 0 atom stereocenters. The maximum Gasteiger partial charge on any atom is 0.129 e. The summed E-state index contributed by atoms with van der Waals surface area (Å²) < 4.78 is 0. The zero-order valence-electron chi connectivity index (χ0n) is 8.41. The number of nitrogens with zero attached hydrogens (tertiary/aromatic N) is 2. The molecule has 3 nitrogen and oxygen atoms in total. The van der Waals surface area contributed by atoms with Gasteiger partial charge in [0.2, 0.25) is 0 Å². The number of hydrogen-bond acceptors (Lipinski definition) is 3. The molecule has 4 heteroatoms. The van der Waals surface area contributed by atoms with E-state index in [1.807, 2.05) is 12.1 Å². The number of nitrogens with two attached hydrogens (primary N) is 1. The number of halogens is 1. The van der Waals surface area contributed by atoms with Crippen molar-refractivity contribution >= 4 is 11.6 Å². The van der Waals surface area contributed by atoms with Crippen LogP contribution in [0, 0.1) is 0 Å². The van der Waals surface area contributed by atoms with Crippen molar-refractivity contribution in [3.05, 3.63) is 29.0 Å². The van der Waals surface area contributed by atoms with Gasteiger partial charge in [-0.2, -0.15) is 0 Å². The van der Waals surface area contributed by atoms with E-state index in [1.54, 1.807) is 6.20 Å². The van der Waals surface area contributed by atoms with Crippen LogP contribution < -0.4 is 5.73 Å². The van der Waals surface area contributed by atoms with Gasteiger partial charge in [-0.15, -0.1) is 0 Å². The molecule has 0 bridgehead atoms. The highest BCUT2D eigenvalue weighted by Gasteiger charge is 2.00. The van der Waals surface area contributed by atoms with Crippen molar-refractivity contribution in [3.63, 3.8) is 0 Å². The first-order valence-electron chi connectivity index (χ1n) is 4.71. The molecular formula is C10H16ClN3. The fourth-order valence-corrected chi connectivity index (χ4v) is 1.49. The van der Waals surface area contributed by atoms with Gasteiger partial charge in [-0.05, 0) is 44.3 Å². The van der Waals surface area contributed by atoms with Crippen molar-refractivity contribution in [2.75, 3.05) is 20.1 Å². The van der Waals surface area contributed by atoms with E-state index in [1.165, 1.54) is 5.56 Å². The first-order chi connectivity index (χ1) is 6.72. The van der Waals surface area contributed by atoms with Gasteiger partial charge in [0, 0.05) is 12.7 Å². The van der Waals surface area contributed by atoms with Gasteiger partial charge in [-0.25, -0.2) is 4.98 Å². The molecular weight excluding hydrogens is 198 g/mol.